The summed E-state index contributed by atoms with van der Waals surface area (Å²) in [7, 11) is 1.59. The Bertz CT molecular complexity index is 324. The standard InChI is InChI=1S/C11H18N2O3S/c1-8-6-17-7-9(8)13-10(14)5-12(11(13)15)3-4-16-2/h8-9H,3-7H2,1-2H3. The number of hydrogen-bond acceptors (Lipinski definition) is 4. The Kier molecular flexibility index (Phi) is 3.93. The molecule has 2 rings (SSSR count). The van der Waals surface area contributed by atoms with Gasteiger partial charge >= 0.3 is 6.03 Å². The molecule has 0 radical (unpaired) electrons. The quantitative estimate of drug-likeness (QED) is 0.695. The highest BCUT2D eigenvalue weighted by Gasteiger charge is 2.43. The van der Waals surface area contributed by atoms with Crippen molar-refractivity contribution in [1.29, 1.82) is 0 Å². The van der Waals surface area contributed by atoms with Crippen LogP contribution in [-0.2, 0) is 9.53 Å². The van der Waals surface area contributed by atoms with E-state index in [4.69, 9.17) is 4.74 Å². The van der Waals surface area contributed by atoms with Crippen molar-refractivity contribution in [1.82, 2.24) is 9.80 Å². The van der Waals surface area contributed by atoms with Gasteiger partial charge in [0.1, 0.15) is 6.54 Å². The van der Waals surface area contributed by atoms with E-state index in [2.05, 4.69) is 6.92 Å². The molecule has 2 aliphatic rings. The number of carbonyl (C=O) groups is 2. The number of methoxy groups -OCH3 is 1. The highest BCUT2D eigenvalue weighted by molar-refractivity contribution is 7.99. The normalized spacial score (nSPS) is 29.5. The minimum Gasteiger partial charge on any atom is -0.383 e. The SMILES string of the molecule is COCCN1CC(=O)N(C2CSCC2C)C1=O. The summed E-state index contributed by atoms with van der Waals surface area (Å²) in [6.07, 6.45) is 0. The van der Waals surface area contributed by atoms with Crippen LogP contribution in [0.4, 0.5) is 4.79 Å². The smallest absolute Gasteiger partial charge is 0.327 e. The first kappa shape index (κ1) is 12.7. The summed E-state index contributed by atoms with van der Waals surface area (Å²) in [6, 6.07) is -0.0704. The Morgan fingerprint density at radius 3 is 2.76 bits per heavy atom. The van der Waals surface area contributed by atoms with Gasteiger partial charge in [0.2, 0.25) is 0 Å². The fraction of sp³-hybridized carbons (Fsp3) is 0.818. The molecule has 2 aliphatic heterocycles. The predicted molar refractivity (Wildman–Crippen MR) is 66.0 cm³/mol. The third-order valence-electron chi connectivity index (χ3n) is 3.29. The molecular formula is C11H18N2O3S. The van der Waals surface area contributed by atoms with Gasteiger partial charge in [0.15, 0.2) is 0 Å². The van der Waals surface area contributed by atoms with E-state index >= 15 is 0 Å². The average molecular weight is 258 g/mol. The van der Waals surface area contributed by atoms with Gasteiger partial charge in [-0.25, -0.2) is 4.79 Å². The van der Waals surface area contributed by atoms with Crippen LogP contribution >= 0.6 is 11.8 Å². The first-order valence-corrected chi connectivity index (χ1v) is 6.98. The molecule has 0 aliphatic carbocycles. The Morgan fingerprint density at radius 1 is 1.41 bits per heavy atom. The van der Waals surface area contributed by atoms with Crippen molar-refractivity contribution >= 4 is 23.7 Å². The molecule has 2 fully saturated rings. The van der Waals surface area contributed by atoms with E-state index in [1.54, 1.807) is 12.0 Å². The van der Waals surface area contributed by atoms with Gasteiger partial charge in [-0.05, 0) is 11.7 Å². The van der Waals surface area contributed by atoms with Crippen molar-refractivity contribution in [2.24, 2.45) is 5.92 Å². The first-order chi connectivity index (χ1) is 8.15. The van der Waals surface area contributed by atoms with Gasteiger partial charge in [-0.1, -0.05) is 6.92 Å². The van der Waals surface area contributed by atoms with Crippen molar-refractivity contribution in [2.45, 2.75) is 13.0 Å². The number of rotatable bonds is 4. The largest absolute Gasteiger partial charge is 0.383 e. The average Bonchev–Trinajstić information content (AvgIpc) is 2.81. The molecule has 0 bridgehead atoms. The maximum absolute atomic E-state index is 12.1. The molecule has 2 atom stereocenters. The van der Waals surface area contributed by atoms with Gasteiger partial charge in [-0.3, -0.25) is 9.69 Å². The number of imide groups is 1. The molecule has 0 aromatic rings. The summed E-state index contributed by atoms with van der Waals surface area (Å²) < 4.78 is 4.94. The number of thioether (sulfide) groups is 1. The minimum absolute atomic E-state index is 0.0644. The number of nitrogens with zero attached hydrogens (tertiary/aromatic N) is 2. The van der Waals surface area contributed by atoms with Crippen LogP contribution in [-0.4, -0.2) is 66.1 Å². The lowest BCUT2D eigenvalue weighted by Crippen LogP contribution is -2.44. The minimum atomic E-state index is -0.147. The molecule has 2 saturated heterocycles. The molecule has 0 aromatic carbocycles. The lowest BCUT2D eigenvalue weighted by atomic mass is 10.1. The molecule has 96 valence electrons. The van der Waals surface area contributed by atoms with Gasteiger partial charge in [0.05, 0.1) is 12.6 Å². The van der Waals surface area contributed by atoms with E-state index in [1.165, 1.54) is 4.90 Å². The topological polar surface area (TPSA) is 49.9 Å². The number of amides is 3. The second kappa shape index (κ2) is 5.27. The van der Waals surface area contributed by atoms with E-state index in [0.717, 1.165) is 11.5 Å². The third-order valence-corrected chi connectivity index (χ3v) is 4.63. The van der Waals surface area contributed by atoms with Crippen molar-refractivity contribution in [2.75, 3.05) is 38.3 Å². The lowest BCUT2D eigenvalue weighted by molar-refractivity contribution is -0.127. The van der Waals surface area contributed by atoms with Crippen LogP contribution in [0.25, 0.3) is 0 Å². The third kappa shape index (κ3) is 2.42. The molecule has 6 heteroatoms. The van der Waals surface area contributed by atoms with Crippen molar-refractivity contribution in [3.63, 3.8) is 0 Å². The van der Waals surface area contributed by atoms with Crippen LogP contribution in [0.2, 0.25) is 0 Å². The Balaban J connectivity index is 2.03. The molecule has 2 heterocycles. The van der Waals surface area contributed by atoms with E-state index < -0.39 is 0 Å². The fourth-order valence-electron chi connectivity index (χ4n) is 2.25. The second-order valence-electron chi connectivity index (χ2n) is 4.54. The summed E-state index contributed by atoms with van der Waals surface area (Å²) >= 11 is 1.81. The molecule has 5 nitrogen and oxygen atoms in total. The van der Waals surface area contributed by atoms with Crippen LogP contribution in [0.3, 0.4) is 0 Å². The van der Waals surface area contributed by atoms with E-state index in [9.17, 15) is 9.59 Å². The van der Waals surface area contributed by atoms with Gasteiger partial charge in [0.25, 0.3) is 5.91 Å². The summed E-state index contributed by atoms with van der Waals surface area (Å²) in [5.74, 6) is 2.23. The van der Waals surface area contributed by atoms with Crippen molar-refractivity contribution < 1.29 is 14.3 Å². The summed E-state index contributed by atoms with van der Waals surface area (Å²) in [4.78, 5) is 27.1. The van der Waals surface area contributed by atoms with Gasteiger partial charge < -0.3 is 9.64 Å². The molecule has 0 aromatic heterocycles. The first-order valence-electron chi connectivity index (χ1n) is 5.82. The molecule has 0 N–H and O–H groups in total. The molecular weight excluding hydrogens is 240 g/mol. The van der Waals surface area contributed by atoms with E-state index in [1.807, 2.05) is 11.8 Å². The number of hydrogen-bond donors (Lipinski definition) is 0. The number of ether oxygens (including phenoxy) is 1. The van der Waals surface area contributed by atoms with Crippen LogP contribution in [0.1, 0.15) is 6.92 Å². The highest BCUT2D eigenvalue weighted by Crippen LogP contribution is 2.30. The Morgan fingerprint density at radius 2 is 2.18 bits per heavy atom. The zero-order chi connectivity index (χ0) is 12.4. The maximum atomic E-state index is 12.1. The molecule has 0 saturated carbocycles. The van der Waals surface area contributed by atoms with Crippen LogP contribution < -0.4 is 0 Å². The van der Waals surface area contributed by atoms with Crippen molar-refractivity contribution in [3.8, 4) is 0 Å². The van der Waals surface area contributed by atoms with Gasteiger partial charge in [-0.2, -0.15) is 11.8 Å². The predicted octanol–water partition coefficient (Wildman–Crippen LogP) is 0.649. The number of carbonyl (C=O) groups excluding carboxylic acids is 2. The highest BCUT2D eigenvalue weighted by atomic mass is 32.2. The zero-order valence-corrected chi connectivity index (χ0v) is 11.0. The van der Waals surface area contributed by atoms with Crippen LogP contribution in [0, 0.1) is 5.92 Å². The van der Waals surface area contributed by atoms with Crippen LogP contribution in [0.15, 0.2) is 0 Å². The van der Waals surface area contributed by atoms with E-state index in [-0.39, 0.29) is 24.5 Å². The Hall–Kier alpha value is -0.750. The molecule has 2 unspecified atom stereocenters. The van der Waals surface area contributed by atoms with E-state index in [0.29, 0.717) is 19.1 Å². The summed E-state index contributed by atoms with van der Waals surface area (Å²) in [5, 5.41) is 0. The zero-order valence-electron chi connectivity index (χ0n) is 10.2. The molecule has 0 spiro atoms. The number of urea groups is 1. The van der Waals surface area contributed by atoms with Gasteiger partial charge in [-0.15, -0.1) is 0 Å². The monoisotopic (exact) mass is 258 g/mol. The summed E-state index contributed by atoms with van der Waals surface area (Å²) in [6.45, 7) is 3.27. The lowest BCUT2D eigenvalue weighted by Gasteiger charge is -2.25. The molecule has 3 amide bonds. The van der Waals surface area contributed by atoms with Gasteiger partial charge in [0, 0.05) is 19.4 Å². The maximum Gasteiger partial charge on any atom is 0.327 e. The molecule has 17 heavy (non-hydrogen) atoms. The fourth-order valence-corrected chi connectivity index (χ4v) is 3.70. The Labute approximate surface area is 105 Å². The second-order valence-corrected chi connectivity index (χ2v) is 5.62. The van der Waals surface area contributed by atoms with Crippen LogP contribution in [0.5, 0.6) is 0 Å². The summed E-state index contributed by atoms with van der Waals surface area (Å²) in [5.41, 5.74) is 0. The van der Waals surface area contributed by atoms with Crippen molar-refractivity contribution in [3.05, 3.63) is 0 Å².